The van der Waals surface area contributed by atoms with E-state index in [1.165, 1.54) is 11.8 Å². The summed E-state index contributed by atoms with van der Waals surface area (Å²) in [5, 5.41) is 8.93. The lowest BCUT2D eigenvalue weighted by atomic mass is 10.0. The van der Waals surface area contributed by atoms with E-state index in [0.717, 1.165) is 29.7 Å². The predicted octanol–water partition coefficient (Wildman–Crippen LogP) is 2.25. The third kappa shape index (κ3) is 3.09. The Hall–Kier alpha value is -1.84. The first-order valence-electron chi connectivity index (χ1n) is 6.11. The molecule has 18 heavy (non-hydrogen) atoms. The van der Waals surface area contributed by atoms with Crippen LogP contribution in [0.25, 0.3) is 0 Å². The average molecular weight is 249 g/mol. The number of amides is 1. The summed E-state index contributed by atoms with van der Waals surface area (Å²) in [6, 6.07) is 5.82. The largest absolute Gasteiger partial charge is 0.480 e. The van der Waals surface area contributed by atoms with Crippen molar-refractivity contribution >= 4 is 17.6 Å². The molecule has 0 saturated carbocycles. The van der Waals surface area contributed by atoms with Crippen LogP contribution in [0.4, 0.5) is 5.69 Å². The van der Waals surface area contributed by atoms with Crippen LogP contribution in [-0.2, 0) is 22.4 Å². The van der Waals surface area contributed by atoms with Gasteiger partial charge in [-0.05, 0) is 24.0 Å². The summed E-state index contributed by atoms with van der Waals surface area (Å²) in [4.78, 5) is 23.9. The van der Waals surface area contributed by atoms with Crippen molar-refractivity contribution in [3.63, 3.8) is 0 Å². The van der Waals surface area contributed by atoms with Crippen molar-refractivity contribution in [2.24, 2.45) is 0 Å². The number of carboxylic acid groups (broad SMARTS) is 1. The molecule has 0 fully saturated rings. The summed E-state index contributed by atoms with van der Waals surface area (Å²) in [7, 11) is 0. The van der Waals surface area contributed by atoms with Crippen LogP contribution < -0.4 is 4.90 Å². The minimum atomic E-state index is -1.00. The van der Waals surface area contributed by atoms with Gasteiger partial charge in [-0.1, -0.05) is 32.0 Å². The number of hydrogen-bond acceptors (Lipinski definition) is 2. The van der Waals surface area contributed by atoms with E-state index in [1.54, 1.807) is 0 Å². The van der Waals surface area contributed by atoms with E-state index < -0.39 is 5.97 Å². The summed E-state index contributed by atoms with van der Waals surface area (Å²) < 4.78 is 0. The highest BCUT2D eigenvalue weighted by atomic mass is 16.4. The van der Waals surface area contributed by atoms with Crippen LogP contribution in [0.3, 0.4) is 0 Å². The summed E-state index contributed by atoms with van der Waals surface area (Å²) in [6.45, 7) is 5.10. The minimum absolute atomic E-state index is 0.243. The molecule has 4 heteroatoms. The number of carbonyl (C=O) groups is 2. The van der Waals surface area contributed by atoms with Crippen LogP contribution in [0, 0.1) is 0 Å². The molecule has 0 unspecified atom stereocenters. The summed E-state index contributed by atoms with van der Waals surface area (Å²) in [6.07, 6.45) is 1.54. The molecule has 0 aromatic heterocycles. The molecule has 4 nitrogen and oxygen atoms in total. The lowest BCUT2D eigenvalue weighted by Gasteiger charge is -2.24. The smallest absolute Gasteiger partial charge is 0.323 e. The van der Waals surface area contributed by atoms with Gasteiger partial charge in [-0.15, -0.1) is 0 Å². The van der Waals surface area contributed by atoms with Gasteiger partial charge in [0.05, 0.1) is 5.69 Å². The van der Waals surface area contributed by atoms with Crippen LogP contribution >= 0.6 is 0 Å². The fourth-order valence-corrected chi connectivity index (χ4v) is 2.04. The van der Waals surface area contributed by atoms with Gasteiger partial charge in [0, 0.05) is 6.92 Å². The van der Waals surface area contributed by atoms with Gasteiger partial charge >= 0.3 is 5.97 Å². The number of nitrogens with zero attached hydrogens (tertiary/aromatic N) is 1. The number of carboxylic acids is 1. The normalized spacial score (nSPS) is 10.2. The van der Waals surface area contributed by atoms with E-state index >= 15 is 0 Å². The average Bonchev–Trinajstić information content (AvgIpc) is 2.34. The lowest BCUT2D eigenvalue weighted by molar-refractivity contribution is -0.136. The molecular weight excluding hydrogens is 230 g/mol. The molecule has 1 aromatic rings. The Balaban J connectivity index is 3.32. The van der Waals surface area contributed by atoms with Gasteiger partial charge < -0.3 is 10.0 Å². The number of aliphatic carboxylic acids is 1. The maximum Gasteiger partial charge on any atom is 0.323 e. The van der Waals surface area contributed by atoms with Crippen molar-refractivity contribution in [1.82, 2.24) is 0 Å². The first kappa shape index (κ1) is 14.2. The van der Waals surface area contributed by atoms with E-state index in [9.17, 15) is 9.59 Å². The Morgan fingerprint density at radius 1 is 1.17 bits per heavy atom. The van der Waals surface area contributed by atoms with Gasteiger partial charge in [0.15, 0.2) is 0 Å². The molecule has 0 aliphatic heterocycles. The van der Waals surface area contributed by atoms with Crippen molar-refractivity contribution in [3.05, 3.63) is 29.3 Å². The lowest BCUT2D eigenvalue weighted by Crippen LogP contribution is -2.35. The molecule has 1 rings (SSSR count). The minimum Gasteiger partial charge on any atom is -0.480 e. The molecule has 1 N–H and O–H groups in total. The molecule has 0 bridgehead atoms. The van der Waals surface area contributed by atoms with Gasteiger partial charge in [0.1, 0.15) is 6.54 Å². The van der Waals surface area contributed by atoms with Crippen LogP contribution in [0.1, 0.15) is 31.9 Å². The van der Waals surface area contributed by atoms with E-state index in [2.05, 4.69) is 0 Å². The first-order valence-corrected chi connectivity index (χ1v) is 6.11. The fraction of sp³-hybridized carbons (Fsp3) is 0.429. The molecule has 1 aromatic carbocycles. The van der Waals surface area contributed by atoms with Gasteiger partial charge in [-0.3, -0.25) is 9.59 Å². The zero-order valence-electron chi connectivity index (χ0n) is 11.1. The SMILES string of the molecule is CCc1cccc(CC)c1N(CC(=O)O)C(C)=O. The van der Waals surface area contributed by atoms with Crippen molar-refractivity contribution in [1.29, 1.82) is 0 Å². The maximum absolute atomic E-state index is 11.7. The number of rotatable bonds is 5. The van der Waals surface area contributed by atoms with Crippen molar-refractivity contribution in [2.45, 2.75) is 33.6 Å². The second-order valence-electron chi connectivity index (χ2n) is 4.13. The fourth-order valence-electron chi connectivity index (χ4n) is 2.04. The molecule has 0 heterocycles. The Bertz CT molecular complexity index is 432. The quantitative estimate of drug-likeness (QED) is 0.870. The highest BCUT2D eigenvalue weighted by Gasteiger charge is 2.20. The number of hydrogen-bond donors (Lipinski definition) is 1. The molecule has 0 saturated heterocycles. The third-order valence-corrected chi connectivity index (χ3v) is 2.91. The van der Waals surface area contributed by atoms with E-state index in [0.29, 0.717) is 0 Å². The highest BCUT2D eigenvalue weighted by Crippen LogP contribution is 2.27. The van der Waals surface area contributed by atoms with E-state index in [-0.39, 0.29) is 12.5 Å². The van der Waals surface area contributed by atoms with Crippen molar-refractivity contribution in [2.75, 3.05) is 11.4 Å². The van der Waals surface area contributed by atoms with Crippen LogP contribution in [0.5, 0.6) is 0 Å². The molecule has 1 amide bonds. The van der Waals surface area contributed by atoms with Gasteiger partial charge in [-0.25, -0.2) is 0 Å². The van der Waals surface area contributed by atoms with Crippen molar-refractivity contribution in [3.8, 4) is 0 Å². The molecule has 0 spiro atoms. The van der Waals surface area contributed by atoms with Crippen molar-refractivity contribution < 1.29 is 14.7 Å². The van der Waals surface area contributed by atoms with E-state index in [1.807, 2.05) is 32.0 Å². The number of aryl methyl sites for hydroxylation is 2. The standard InChI is InChI=1S/C14H19NO3/c1-4-11-7-6-8-12(5-2)14(11)15(10(3)16)9-13(17)18/h6-8H,4-5,9H2,1-3H3,(H,17,18). The third-order valence-electron chi connectivity index (χ3n) is 2.91. The molecule has 98 valence electrons. The van der Waals surface area contributed by atoms with Crippen LogP contribution in [0.2, 0.25) is 0 Å². The number of benzene rings is 1. The Morgan fingerprint density at radius 2 is 1.67 bits per heavy atom. The Kier molecular flexibility index (Phi) is 4.89. The first-order chi connectivity index (χ1) is 8.51. The number of carbonyl (C=O) groups excluding carboxylic acids is 1. The molecule has 0 radical (unpaired) electrons. The maximum atomic E-state index is 11.7. The van der Waals surface area contributed by atoms with Gasteiger partial charge in [0.2, 0.25) is 5.91 Å². The zero-order chi connectivity index (χ0) is 13.7. The zero-order valence-corrected chi connectivity index (χ0v) is 11.1. The molecule has 0 aliphatic carbocycles. The summed E-state index contributed by atoms with van der Waals surface area (Å²) >= 11 is 0. The summed E-state index contributed by atoms with van der Waals surface area (Å²) in [5.41, 5.74) is 2.77. The van der Waals surface area contributed by atoms with Gasteiger partial charge in [0.25, 0.3) is 0 Å². The number of para-hydroxylation sites is 1. The Morgan fingerprint density at radius 3 is 2.00 bits per heavy atom. The number of anilines is 1. The molecule has 0 aliphatic rings. The topological polar surface area (TPSA) is 57.6 Å². The van der Waals surface area contributed by atoms with E-state index in [4.69, 9.17) is 5.11 Å². The summed E-state index contributed by atoms with van der Waals surface area (Å²) in [5.74, 6) is -1.24. The van der Waals surface area contributed by atoms with Gasteiger partial charge in [-0.2, -0.15) is 0 Å². The van der Waals surface area contributed by atoms with Crippen LogP contribution in [-0.4, -0.2) is 23.5 Å². The predicted molar refractivity (Wildman–Crippen MR) is 70.9 cm³/mol. The molecular formula is C14H19NO3. The highest BCUT2D eigenvalue weighted by molar-refractivity contribution is 5.97. The second kappa shape index (κ2) is 6.19. The second-order valence-corrected chi connectivity index (χ2v) is 4.13. The monoisotopic (exact) mass is 249 g/mol. The Labute approximate surface area is 107 Å². The van der Waals surface area contributed by atoms with Crippen LogP contribution in [0.15, 0.2) is 18.2 Å². The molecule has 0 atom stereocenters.